The number of aromatic nitrogens is 2. The number of ether oxygens (including phenoxy) is 2. The van der Waals surface area contributed by atoms with Crippen LogP contribution in [0.15, 0.2) is 60.8 Å². The van der Waals surface area contributed by atoms with E-state index in [1.54, 1.807) is 43.4 Å². The van der Waals surface area contributed by atoms with E-state index in [9.17, 15) is 9.18 Å². The van der Waals surface area contributed by atoms with Gasteiger partial charge >= 0.3 is 0 Å². The van der Waals surface area contributed by atoms with Crippen LogP contribution in [-0.4, -0.2) is 48.1 Å². The molecule has 8 nitrogen and oxygen atoms in total. The molecule has 2 aromatic carbocycles. The molecule has 4 heterocycles. The highest BCUT2D eigenvalue weighted by atomic mass is 35.5. The van der Waals surface area contributed by atoms with Crippen molar-refractivity contribution in [1.82, 2.24) is 14.9 Å². The van der Waals surface area contributed by atoms with Crippen molar-refractivity contribution < 1.29 is 18.7 Å². The Morgan fingerprint density at radius 2 is 1.85 bits per heavy atom. The first-order valence-corrected chi connectivity index (χ1v) is 13.8. The van der Waals surface area contributed by atoms with Crippen molar-refractivity contribution in [2.24, 2.45) is 0 Å². The Kier molecular flexibility index (Phi) is 7.36. The van der Waals surface area contributed by atoms with Gasteiger partial charge in [0.15, 0.2) is 0 Å². The number of halogens is 2. The number of anilines is 3. The van der Waals surface area contributed by atoms with Crippen molar-refractivity contribution in [1.29, 1.82) is 0 Å². The summed E-state index contributed by atoms with van der Waals surface area (Å²) in [6, 6.07) is 15.6. The lowest BCUT2D eigenvalue weighted by atomic mass is 10.1. The minimum absolute atomic E-state index is 0.181. The van der Waals surface area contributed by atoms with Crippen molar-refractivity contribution in [3.05, 3.63) is 88.5 Å². The Morgan fingerprint density at radius 1 is 1.02 bits per heavy atom. The van der Waals surface area contributed by atoms with Gasteiger partial charge in [-0.2, -0.15) is 0 Å². The molecule has 0 saturated carbocycles. The van der Waals surface area contributed by atoms with E-state index >= 15 is 0 Å². The van der Waals surface area contributed by atoms with Crippen LogP contribution in [0.4, 0.5) is 21.6 Å². The standard InChI is InChI=1S/C31H29ClFN5O3/c1-40-21-10-8-19(27(14-21)41-2)17-38-18-26-30(31(38)39)25(15-24(35-26)29-22(32)6-5-7-23(29)33)36-28-11-9-20(16-34-28)37-12-3-4-13-37/h5-11,14-16H,3-4,12-13,17-18H2,1-2H3,(H,34,35,36). The lowest BCUT2D eigenvalue weighted by Gasteiger charge is -2.18. The molecule has 0 atom stereocenters. The van der Waals surface area contributed by atoms with Crippen LogP contribution < -0.4 is 19.7 Å². The van der Waals surface area contributed by atoms with Gasteiger partial charge in [0.25, 0.3) is 5.91 Å². The molecule has 0 unspecified atom stereocenters. The number of pyridine rings is 2. The van der Waals surface area contributed by atoms with Crippen molar-refractivity contribution >= 4 is 34.7 Å². The molecule has 6 rings (SSSR count). The molecule has 10 heteroatoms. The fraction of sp³-hybridized carbons (Fsp3) is 0.258. The molecule has 1 N–H and O–H groups in total. The van der Waals surface area contributed by atoms with Gasteiger partial charge < -0.3 is 24.6 Å². The average molecular weight is 574 g/mol. The van der Waals surface area contributed by atoms with E-state index in [1.165, 1.54) is 18.9 Å². The molecule has 4 aromatic rings. The Hall–Kier alpha value is -4.37. The van der Waals surface area contributed by atoms with E-state index in [0.717, 1.165) is 24.3 Å². The maximum absolute atomic E-state index is 15.0. The number of amides is 1. The summed E-state index contributed by atoms with van der Waals surface area (Å²) in [6.07, 6.45) is 4.17. The Labute approximate surface area is 242 Å². The van der Waals surface area contributed by atoms with Crippen molar-refractivity contribution in [3.63, 3.8) is 0 Å². The summed E-state index contributed by atoms with van der Waals surface area (Å²) < 4.78 is 25.8. The molecule has 2 aliphatic heterocycles. The molecule has 1 amide bonds. The van der Waals surface area contributed by atoms with E-state index in [0.29, 0.717) is 46.5 Å². The molecule has 1 fully saturated rings. The molecule has 210 valence electrons. The van der Waals surface area contributed by atoms with Gasteiger partial charge in [0.05, 0.1) is 72.4 Å². The van der Waals surface area contributed by atoms with E-state index in [4.69, 9.17) is 26.1 Å². The van der Waals surface area contributed by atoms with Crippen molar-refractivity contribution in [3.8, 4) is 22.8 Å². The van der Waals surface area contributed by atoms with Crippen molar-refractivity contribution in [2.45, 2.75) is 25.9 Å². The van der Waals surface area contributed by atoms with Gasteiger partial charge in [-0.3, -0.25) is 4.79 Å². The number of benzene rings is 2. The summed E-state index contributed by atoms with van der Waals surface area (Å²) in [4.78, 5) is 27.1. The fourth-order valence-electron chi connectivity index (χ4n) is 5.41. The first-order valence-electron chi connectivity index (χ1n) is 13.4. The zero-order valence-corrected chi connectivity index (χ0v) is 23.5. The predicted octanol–water partition coefficient (Wildman–Crippen LogP) is 6.45. The maximum Gasteiger partial charge on any atom is 0.258 e. The highest BCUT2D eigenvalue weighted by Crippen LogP contribution is 2.38. The number of hydrogen-bond acceptors (Lipinski definition) is 7. The minimum atomic E-state index is -0.492. The zero-order chi connectivity index (χ0) is 28.5. The van der Waals surface area contributed by atoms with E-state index in [-0.39, 0.29) is 23.0 Å². The van der Waals surface area contributed by atoms with Gasteiger partial charge in [-0.15, -0.1) is 0 Å². The Bertz CT molecular complexity index is 1590. The minimum Gasteiger partial charge on any atom is -0.497 e. The van der Waals surface area contributed by atoms with Gasteiger partial charge in [-0.05, 0) is 55.3 Å². The summed E-state index contributed by atoms with van der Waals surface area (Å²) in [5, 5.41) is 3.54. The monoisotopic (exact) mass is 573 g/mol. The highest BCUT2D eigenvalue weighted by Gasteiger charge is 2.33. The maximum atomic E-state index is 15.0. The SMILES string of the molecule is COc1ccc(CN2Cc3nc(-c4c(F)cccc4Cl)cc(Nc4ccc(N5CCCC5)cn4)c3C2=O)c(OC)c1. The van der Waals surface area contributed by atoms with Crippen LogP contribution in [0.25, 0.3) is 11.3 Å². The van der Waals surface area contributed by atoms with E-state index in [1.807, 2.05) is 30.5 Å². The second-order valence-corrected chi connectivity index (χ2v) is 10.4. The molecule has 0 spiro atoms. The van der Waals surface area contributed by atoms with Crippen LogP contribution in [0.3, 0.4) is 0 Å². The molecule has 2 aromatic heterocycles. The van der Waals surface area contributed by atoms with Gasteiger partial charge in [0, 0.05) is 24.7 Å². The quantitative estimate of drug-likeness (QED) is 0.259. The fourth-order valence-corrected chi connectivity index (χ4v) is 5.67. The molecule has 0 bridgehead atoms. The predicted molar refractivity (Wildman–Crippen MR) is 157 cm³/mol. The zero-order valence-electron chi connectivity index (χ0n) is 22.8. The molecular weight excluding hydrogens is 545 g/mol. The molecule has 1 saturated heterocycles. The van der Waals surface area contributed by atoms with E-state index in [2.05, 4.69) is 15.2 Å². The number of methoxy groups -OCH3 is 2. The van der Waals surface area contributed by atoms with Crippen LogP contribution in [-0.2, 0) is 13.1 Å². The Balaban J connectivity index is 1.37. The smallest absolute Gasteiger partial charge is 0.258 e. The van der Waals surface area contributed by atoms with Crippen LogP contribution in [0.1, 0.15) is 34.5 Å². The summed E-state index contributed by atoms with van der Waals surface area (Å²) in [7, 11) is 3.17. The van der Waals surface area contributed by atoms with E-state index < -0.39 is 5.82 Å². The number of nitrogens with one attached hydrogen (secondary N) is 1. The topological polar surface area (TPSA) is 79.8 Å². The lowest BCUT2D eigenvalue weighted by molar-refractivity contribution is 0.0766. The molecular formula is C31H29ClFN5O3. The van der Waals surface area contributed by atoms with Crippen LogP contribution in [0.2, 0.25) is 5.02 Å². The molecule has 0 radical (unpaired) electrons. The third-order valence-corrected chi connectivity index (χ3v) is 7.81. The van der Waals surface area contributed by atoms with Crippen LogP contribution in [0.5, 0.6) is 11.5 Å². The third kappa shape index (κ3) is 5.25. The van der Waals surface area contributed by atoms with Crippen molar-refractivity contribution in [2.75, 3.05) is 37.5 Å². The normalized spacial score (nSPS) is 14.4. The Morgan fingerprint density at radius 3 is 2.56 bits per heavy atom. The summed E-state index contributed by atoms with van der Waals surface area (Å²) in [6.45, 7) is 2.56. The number of rotatable bonds is 8. The highest BCUT2D eigenvalue weighted by molar-refractivity contribution is 6.33. The first kappa shape index (κ1) is 26.8. The first-order chi connectivity index (χ1) is 19.9. The van der Waals surface area contributed by atoms with Crippen LogP contribution >= 0.6 is 11.6 Å². The van der Waals surface area contributed by atoms with Crippen LogP contribution in [0, 0.1) is 5.82 Å². The van der Waals surface area contributed by atoms with Gasteiger partial charge in [-0.25, -0.2) is 14.4 Å². The summed E-state index contributed by atoms with van der Waals surface area (Å²) in [5.41, 5.74) is 3.82. The number of carbonyl (C=O) groups excluding carboxylic acids is 1. The van der Waals surface area contributed by atoms with Gasteiger partial charge in [0.1, 0.15) is 23.1 Å². The molecule has 2 aliphatic rings. The summed E-state index contributed by atoms with van der Waals surface area (Å²) >= 11 is 6.41. The summed E-state index contributed by atoms with van der Waals surface area (Å²) in [5.74, 6) is 1.14. The second kappa shape index (κ2) is 11.2. The number of fused-ring (bicyclic) bond motifs is 1. The molecule has 0 aliphatic carbocycles. The molecule has 41 heavy (non-hydrogen) atoms. The number of hydrogen-bond donors (Lipinski definition) is 1. The van der Waals surface area contributed by atoms with Gasteiger partial charge in [0.2, 0.25) is 0 Å². The number of carbonyl (C=O) groups is 1. The van der Waals surface area contributed by atoms with Gasteiger partial charge in [-0.1, -0.05) is 17.7 Å². The number of nitrogens with zero attached hydrogens (tertiary/aromatic N) is 4. The lowest BCUT2D eigenvalue weighted by Crippen LogP contribution is -2.24. The second-order valence-electron chi connectivity index (χ2n) is 10.0. The average Bonchev–Trinajstić information content (AvgIpc) is 3.62. The third-order valence-electron chi connectivity index (χ3n) is 7.49. The largest absolute Gasteiger partial charge is 0.497 e.